The molecule has 2 heterocycles. The number of hydrogen-bond acceptors (Lipinski definition) is 8. The van der Waals surface area contributed by atoms with Gasteiger partial charge in [-0.15, -0.1) is 0 Å². The molecule has 0 saturated carbocycles. The Kier molecular flexibility index (Phi) is 8.32. The number of alkyl carbamates (subject to hydrolysis) is 1. The molecule has 1 amide bonds. The predicted octanol–water partition coefficient (Wildman–Crippen LogP) is 1.21. The minimum absolute atomic E-state index is 0.0793. The van der Waals surface area contributed by atoms with Crippen LogP contribution in [0.25, 0.3) is 0 Å². The van der Waals surface area contributed by atoms with Gasteiger partial charge in [0.1, 0.15) is 24.1 Å². The molecule has 2 saturated heterocycles. The van der Waals surface area contributed by atoms with Crippen molar-refractivity contribution in [3.63, 3.8) is 0 Å². The smallest absolute Gasteiger partial charge is 0.407 e. The van der Waals surface area contributed by atoms with Gasteiger partial charge in [-0.25, -0.2) is 4.79 Å². The van der Waals surface area contributed by atoms with Crippen molar-refractivity contribution in [2.45, 2.75) is 44.7 Å². The van der Waals surface area contributed by atoms with E-state index in [9.17, 15) is 9.90 Å². The third kappa shape index (κ3) is 7.95. The van der Waals surface area contributed by atoms with Gasteiger partial charge in [-0.05, 0) is 45.0 Å². The second kappa shape index (κ2) is 11.0. The van der Waals surface area contributed by atoms with Gasteiger partial charge in [-0.1, -0.05) is 0 Å². The van der Waals surface area contributed by atoms with Gasteiger partial charge in [-0.2, -0.15) is 5.26 Å². The molecule has 9 nitrogen and oxygen atoms in total. The van der Waals surface area contributed by atoms with Crippen molar-refractivity contribution in [1.29, 1.82) is 5.26 Å². The van der Waals surface area contributed by atoms with E-state index in [1.807, 2.05) is 20.8 Å². The Labute approximate surface area is 189 Å². The third-order valence-corrected chi connectivity index (χ3v) is 5.22. The van der Waals surface area contributed by atoms with Gasteiger partial charge in [0.25, 0.3) is 0 Å². The van der Waals surface area contributed by atoms with Crippen molar-refractivity contribution in [3.8, 4) is 11.8 Å². The fourth-order valence-corrected chi connectivity index (χ4v) is 3.99. The molecule has 0 aromatic heterocycles. The Balaban J connectivity index is 1.35. The maximum absolute atomic E-state index is 11.8. The molecule has 2 aliphatic rings. The fraction of sp³-hybridized carbons (Fsp3) is 0.652. The first-order chi connectivity index (χ1) is 15.2. The van der Waals surface area contributed by atoms with E-state index in [0.717, 1.165) is 32.7 Å². The first-order valence-electron chi connectivity index (χ1n) is 11.1. The number of aliphatic hydroxyl groups excluding tert-OH is 1. The van der Waals surface area contributed by atoms with Gasteiger partial charge < -0.3 is 24.6 Å². The van der Waals surface area contributed by atoms with Crippen LogP contribution in [0.3, 0.4) is 0 Å². The molecular weight excluding hydrogens is 412 g/mol. The van der Waals surface area contributed by atoms with E-state index >= 15 is 0 Å². The number of β-amino-alcohol motifs (C(OH)–C–C–N with tert-alkyl or cyclic N) is 1. The first kappa shape index (κ1) is 24.3. The van der Waals surface area contributed by atoms with Crippen LogP contribution in [0.2, 0.25) is 0 Å². The first-order valence-corrected chi connectivity index (χ1v) is 11.1. The number of amides is 1. The Morgan fingerprint density at radius 1 is 1.22 bits per heavy atom. The van der Waals surface area contributed by atoms with Crippen molar-refractivity contribution < 1.29 is 24.1 Å². The molecule has 2 aliphatic heterocycles. The van der Waals surface area contributed by atoms with Crippen molar-refractivity contribution >= 4 is 6.09 Å². The summed E-state index contributed by atoms with van der Waals surface area (Å²) < 4.78 is 17.0. The topological polar surface area (TPSA) is 107 Å². The van der Waals surface area contributed by atoms with Gasteiger partial charge >= 0.3 is 6.09 Å². The zero-order chi connectivity index (χ0) is 23.1. The average molecular weight is 447 g/mol. The summed E-state index contributed by atoms with van der Waals surface area (Å²) in [6, 6.07) is 8.92. The van der Waals surface area contributed by atoms with E-state index in [-0.39, 0.29) is 18.8 Å². The zero-order valence-electron chi connectivity index (χ0n) is 19.1. The number of carbonyl (C=O) groups excluding carboxylic acids is 1. The number of ether oxygens (including phenoxy) is 3. The standard InChI is InChI=1S/C23H34N4O5/c1-23(2,3)32-22(29)25-8-9-26-12-20-14-27(15-21(13-26)31-20)11-18(28)16-30-19-6-4-17(10-24)5-7-19/h4-7,18,20-21,28H,8-9,11-16H2,1-3H3,(H,25,29). The number of nitriles is 1. The quantitative estimate of drug-likeness (QED) is 0.614. The number of nitrogens with one attached hydrogen (secondary N) is 1. The lowest BCUT2D eigenvalue weighted by molar-refractivity contribution is -0.142. The van der Waals surface area contributed by atoms with Crippen LogP contribution >= 0.6 is 0 Å². The fourth-order valence-electron chi connectivity index (χ4n) is 3.99. The lowest BCUT2D eigenvalue weighted by Gasteiger charge is -2.46. The van der Waals surface area contributed by atoms with Gasteiger partial charge in [0, 0.05) is 45.8 Å². The van der Waals surface area contributed by atoms with E-state index in [1.54, 1.807) is 24.3 Å². The summed E-state index contributed by atoms with van der Waals surface area (Å²) in [4.78, 5) is 16.3. The van der Waals surface area contributed by atoms with Crippen LogP contribution in [0.5, 0.6) is 5.75 Å². The summed E-state index contributed by atoms with van der Waals surface area (Å²) in [6.45, 7) is 10.6. The summed E-state index contributed by atoms with van der Waals surface area (Å²) in [5.74, 6) is 0.637. The number of hydrogen-bond donors (Lipinski definition) is 2. The van der Waals surface area contributed by atoms with Crippen molar-refractivity contribution in [1.82, 2.24) is 15.1 Å². The van der Waals surface area contributed by atoms with E-state index < -0.39 is 17.8 Å². The average Bonchev–Trinajstić information content (AvgIpc) is 2.70. The Morgan fingerprint density at radius 3 is 2.44 bits per heavy atom. The van der Waals surface area contributed by atoms with Crippen LogP contribution in [0, 0.1) is 11.3 Å². The molecular formula is C23H34N4O5. The Bertz CT molecular complexity index is 775. The highest BCUT2D eigenvalue weighted by atomic mass is 16.6. The molecule has 9 heteroatoms. The number of benzene rings is 1. The summed E-state index contributed by atoms with van der Waals surface area (Å²) in [6.07, 6.45) is -0.848. The number of carbonyl (C=O) groups is 1. The molecule has 2 bridgehead atoms. The largest absolute Gasteiger partial charge is 0.491 e. The summed E-state index contributed by atoms with van der Waals surface area (Å²) in [5.41, 5.74) is 0.0775. The number of aliphatic hydroxyl groups is 1. The minimum Gasteiger partial charge on any atom is -0.491 e. The minimum atomic E-state index is -0.612. The Morgan fingerprint density at radius 2 is 1.84 bits per heavy atom. The predicted molar refractivity (Wildman–Crippen MR) is 118 cm³/mol. The van der Waals surface area contributed by atoms with Crippen molar-refractivity contribution in [3.05, 3.63) is 29.8 Å². The highest BCUT2D eigenvalue weighted by Gasteiger charge is 2.35. The molecule has 176 valence electrons. The number of nitrogens with zero attached hydrogens (tertiary/aromatic N) is 3. The van der Waals surface area contributed by atoms with Crippen LogP contribution in [-0.2, 0) is 9.47 Å². The van der Waals surface area contributed by atoms with Crippen LogP contribution in [-0.4, -0.2) is 97.3 Å². The van der Waals surface area contributed by atoms with Crippen LogP contribution in [0.15, 0.2) is 24.3 Å². The van der Waals surface area contributed by atoms with Gasteiger partial charge in [0.05, 0.1) is 23.8 Å². The molecule has 2 fully saturated rings. The lowest BCUT2D eigenvalue weighted by Crippen LogP contribution is -2.61. The SMILES string of the molecule is CC(C)(C)OC(=O)NCCN1CC2CN(CC(O)COc3ccc(C#N)cc3)CC(C1)O2. The third-order valence-electron chi connectivity index (χ3n) is 5.22. The van der Waals surface area contributed by atoms with Crippen molar-refractivity contribution in [2.24, 2.45) is 0 Å². The monoisotopic (exact) mass is 446 g/mol. The molecule has 0 radical (unpaired) electrons. The molecule has 1 aromatic rings. The molecule has 32 heavy (non-hydrogen) atoms. The molecule has 3 rings (SSSR count). The number of rotatable bonds is 8. The van der Waals surface area contributed by atoms with E-state index in [1.165, 1.54) is 0 Å². The highest BCUT2D eigenvalue weighted by Crippen LogP contribution is 2.19. The normalized spacial score (nSPS) is 22.6. The van der Waals surface area contributed by atoms with Gasteiger partial charge in [0.15, 0.2) is 0 Å². The van der Waals surface area contributed by atoms with E-state index in [0.29, 0.717) is 24.4 Å². The number of morpholine rings is 2. The van der Waals surface area contributed by atoms with Crippen molar-refractivity contribution in [2.75, 3.05) is 52.4 Å². The van der Waals surface area contributed by atoms with Crippen LogP contribution < -0.4 is 10.1 Å². The summed E-state index contributed by atoms with van der Waals surface area (Å²) in [7, 11) is 0. The molecule has 1 aromatic carbocycles. The van der Waals surface area contributed by atoms with E-state index in [2.05, 4.69) is 21.2 Å². The summed E-state index contributed by atoms with van der Waals surface area (Å²) in [5, 5.41) is 22.1. The molecule has 0 spiro atoms. The van der Waals surface area contributed by atoms with E-state index in [4.69, 9.17) is 19.5 Å². The maximum Gasteiger partial charge on any atom is 0.407 e. The van der Waals surface area contributed by atoms with Gasteiger partial charge in [-0.3, -0.25) is 9.80 Å². The molecule has 3 atom stereocenters. The number of fused-ring (bicyclic) bond motifs is 2. The zero-order valence-corrected chi connectivity index (χ0v) is 19.1. The molecule has 3 unspecified atom stereocenters. The van der Waals surface area contributed by atoms with Crippen LogP contribution in [0.1, 0.15) is 26.3 Å². The highest BCUT2D eigenvalue weighted by molar-refractivity contribution is 5.67. The van der Waals surface area contributed by atoms with Gasteiger partial charge in [0.2, 0.25) is 0 Å². The molecule has 0 aliphatic carbocycles. The summed E-state index contributed by atoms with van der Waals surface area (Å²) >= 11 is 0. The Hall–Kier alpha value is -2.38. The molecule has 2 N–H and O–H groups in total. The van der Waals surface area contributed by atoms with Crippen LogP contribution in [0.4, 0.5) is 4.79 Å². The second-order valence-corrected chi connectivity index (χ2v) is 9.39. The maximum atomic E-state index is 11.8. The second-order valence-electron chi connectivity index (χ2n) is 9.39. The lowest BCUT2D eigenvalue weighted by atomic mass is 10.1.